The number of aryl methyl sites for hydroxylation is 1. The predicted molar refractivity (Wildman–Crippen MR) is 113 cm³/mol. The van der Waals surface area contributed by atoms with Gasteiger partial charge in [-0.1, -0.05) is 0 Å². The molecule has 0 atom stereocenters. The van der Waals surface area contributed by atoms with E-state index in [-0.39, 0.29) is 18.4 Å². The summed E-state index contributed by atoms with van der Waals surface area (Å²) >= 11 is 4.72. The molecule has 0 bridgehead atoms. The number of amides is 2. The van der Waals surface area contributed by atoms with Crippen LogP contribution in [0.3, 0.4) is 0 Å². The van der Waals surface area contributed by atoms with E-state index in [1.165, 1.54) is 22.6 Å². The Morgan fingerprint density at radius 3 is 2.69 bits per heavy atom. The lowest BCUT2D eigenvalue weighted by Gasteiger charge is -2.36. The van der Waals surface area contributed by atoms with Gasteiger partial charge in [0.2, 0.25) is 5.91 Å². The number of piperazine rings is 1. The van der Waals surface area contributed by atoms with Gasteiger partial charge in [-0.3, -0.25) is 9.59 Å². The first-order valence-corrected chi connectivity index (χ1v) is 10.7. The Labute approximate surface area is 180 Å². The lowest BCUT2D eigenvalue weighted by Crippen LogP contribution is -2.51. The van der Waals surface area contributed by atoms with Crippen molar-refractivity contribution in [3.63, 3.8) is 0 Å². The average molecular weight is 478 g/mol. The fourth-order valence-electron chi connectivity index (χ4n) is 3.31. The molecule has 9 nitrogen and oxygen atoms in total. The normalized spacial score (nSPS) is 14.4. The van der Waals surface area contributed by atoms with E-state index >= 15 is 0 Å². The Balaban J connectivity index is 1.37. The molecule has 2 amide bonds. The second kappa shape index (κ2) is 8.07. The van der Waals surface area contributed by atoms with E-state index in [4.69, 9.17) is 0 Å². The van der Waals surface area contributed by atoms with Crippen molar-refractivity contribution in [1.82, 2.24) is 29.4 Å². The molecule has 0 aliphatic carbocycles. The number of carbonyl (C=O) groups excluding carboxylic acids is 2. The Morgan fingerprint density at radius 1 is 1.24 bits per heavy atom. The number of carbonyl (C=O) groups is 2. The van der Waals surface area contributed by atoms with Crippen LogP contribution in [0.25, 0.3) is 5.78 Å². The van der Waals surface area contributed by atoms with E-state index in [0.29, 0.717) is 36.8 Å². The van der Waals surface area contributed by atoms with Gasteiger partial charge in [0.15, 0.2) is 0 Å². The predicted octanol–water partition coefficient (Wildman–Crippen LogP) is 1.68. The molecule has 0 unspecified atom stereocenters. The van der Waals surface area contributed by atoms with Gasteiger partial charge in [0.25, 0.3) is 11.7 Å². The maximum atomic E-state index is 12.7. The standard InChI is InChI=1S/C18H20BrN7O2S/c1-12-9-15(26-18(22-12)20-11-21-26)24-5-7-25(8-6-24)16(27)10-23(2)17(28)13-3-4-14(19)29-13/h3-4,9,11H,5-8,10H2,1-2H3. The van der Waals surface area contributed by atoms with E-state index in [0.717, 1.165) is 15.3 Å². The molecular weight excluding hydrogens is 458 g/mol. The van der Waals surface area contributed by atoms with Crippen molar-refractivity contribution in [2.45, 2.75) is 6.92 Å². The summed E-state index contributed by atoms with van der Waals surface area (Å²) in [6, 6.07) is 5.57. The molecule has 4 rings (SSSR count). The highest BCUT2D eigenvalue weighted by Crippen LogP contribution is 2.23. The molecule has 1 fully saturated rings. The minimum Gasteiger partial charge on any atom is -0.353 e. The third-order valence-corrected chi connectivity index (χ3v) is 6.43. The lowest BCUT2D eigenvalue weighted by atomic mass is 10.3. The molecule has 29 heavy (non-hydrogen) atoms. The van der Waals surface area contributed by atoms with Crippen molar-refractivity contribution in [3.05, 3.63) is 38.9 Å². The summed E-state index contributed by atoms with van der Waals surface area (Å²) in [6.07, 6.45) is 1.49. The summed E-state index contributed by atoms with van der Waals surface area (Å²) in [7, 11) is 1.66. The van der Waals surface area contributed by atoms with Gasteiger partial charge in [-0.25, -0.2) is 4.98 Å². The van der Waals surface area contributed by atoms with Crippen molar-refractivity contribution in [2.24, 2.45) is 0 Å². The second-order valence-corrected chi connectivity index (χ2v) is 9.32. The van der Waals surface area contributed by atoms with Crippen molar-refractivity contribution < 1.29 is 9.59 Å². The summed E-state index contributed by atoms with van der Waals surface area (Å²) in [6.45, 7) is 4.53. The third kappa shape index (κ3) is 4.10. The second-order valence-electron chi connectivity index (χ2n) is 6.86. The molecular formula is C18H20BrN7O2S. The number of halogens is 1. The van der Waals surface area contributed by atoms with Gasteiger partial charge in [0.1, 0.15) is 12.1 Å². The van der Waals surface area contributed by atoms with Gasteiger partial charge in [0.05, 0.1) is 15.2 Å². The number of aromatic nitrogens is 4. The van der Waals surface area contributed by atoms with E-state index in [1.807, 2.05) is 19.1 Å². The molecule has 0 spiro atoms. The first-order chi connectivity index (χ1) is 13.9. The summed E-state index contributed by atoms with van der Waals surface area (Å²) in [4.78, 5) is 39.7. The Morgan fingerprint density at radius 2 is 2.00 bits per heavy atom. The van der Waals surface area contributed by atoms with Gasteiger partial charge in [-0.15, -0.1) is 11.3 Å². The van der Waals surface area contributed by atoms with Crippen LogP contribution < -0.4 is 4.90 Å². The topological polar surface area (TPSA) is 86.9 Å². The van der Waals surface area contributed by atoms with Crippen molar-refractivity contribution >= 4 is 50.7 Å². The smallest absolute Gasteiger partial charge is 0.264 e. The molecule has 3 aromatic rings. The SMILES string of the molecule is Cc1cc(N2CCN(C(=O)CN(C)C(=O)c3ccc(Br)s3)CC2)n2ncnc2n1. The van der Waals surface area contributed by atoms with E-state index in [1.54, 1.807) is 22.5 Å². The maximum absolute atomic E-state index is 12.7. The molecule has 1 saturated heterocycles. The fraction of sp³-hybridized carbons (Fsp3) is 0.389. The van der Waals surface area contributed by atoms with E-state index in [9.17, 15) is 9.59 Å². The Hall–Kier alpha value is -2.53. The largest absolute Gasteiger partial charge is 0.353 e. The number of hydrogen-bond donors (Lipinski definition) is 0. The molecule has 0 radical (unpaired) electrons. The van der Waals surface area contributed by atoms with Crippen LogP contribution in [0.1, 0.15) is 15.4 Å². The van der Waals surface area contributed by atoms with Crippen LogP contribution in [-0.2, 0) is 4.79 Å². The minimum absolute atomic E-state index is 0.0482. The zero-order valence-corrected chi connectivity index (χ0v) is 18.5. The van der Waals surface area contributed by atoms with Crippen molar-refractivity contribution in [1.29, 1.82) is 0 Å². The highest BCUT2D eigenvalue weighted by Gasteiger charge is 2.25. The zero-order chi connectivity index (χ0) is 20.5. The van der Waals surface area contributed by atoms with Gasteiger partial charge in [-0.05, 0) is 35.0 Å². The molecule has 0 N–H and O–H groups in total. The zero-order valence-electron chi connectivity index (χ0n) is 16.1. The summed E-state index contributed by atoms with van der Waals surface area (Å²) in [5.74, 6) is 1.30. The molecule has 0 saturated carbocycles. The van der Waals surface area contributed by atoms with Gasteiger partial charge >= 0.3 is 0 Å². The summed E-state index contributed by atoms with van der Waals surface area (Å²) in [5, 5.41) is 4.25. The van der Waals surface area contributed by atoms with Crippen LogP contribution in [0.2, 0.25) is 0 Å². The molecule has 1 aliphatic heterocycles. The van der Waals surface area contributed by atoms with Crippen LogP contribution in [-0.4, -0.2) is 81.0 Å². The van der Waals surface area contributed by atoms with Crippen LogP contribution in [0.5, 0.6) is 0 Å². The lowest BCUT2D eigenvalue weighted by molar-refractivity contribution is -0.131. The van der Waals surface area contributed by atoms with Crippen LogP contribution in [0, 0.1) is 6.92 Å². The number of likely N-dealkylation sites (N-methyl/N-ethyl adjacent to an activating group) is 1. The number of anilines is 1. The van der Waals surface area contributed by atoms with Crippen molar-refractivity contribution in [3.8, 4) is 0 Å². The number of fused-ring (bicyclic) bond motifs is 1. The number of hydrogen-bond acceptors (Lipinski definition) is 7. The number of rotatable bonds is 4. The highest BCUT2D eigenvalue weighted by atomic mass is 79.9. The molecule has 1 aliphatic rings. The molecule has 11 heteroatoms. The first-order valence-electron chi connectivity index (χ1n) is 9.13. The molecule has 4 heterocycles. The van der Waals surface area contributed by atoms with Crippen LogP contribution in [0.15, 0.2) is 28.3 Å². The molecule has 3 aromatic heterocycles. The van der Waals surface area contributed by atoms with Gasteiger partial charge < -0.3 is 14.7 Å². The number of nitrogens with zero attached hydrogens (tertiary/aromatic N) is 7. The fourth-order valence-corrected chi connectivity index (χ4v) is 4.69. The monoisotopic (exact) mass is 477 g/mol. The summed E-state index contributed by atoms with van der Waals surface area (Å²) in [5.41, 5.74) is 0.874. The maximum Gasteiger partial charge on any atom is 0.264 e. The number of thiophene rings is 1. The quantitative estimate of drug-likeness (QED) is 0.567. The third-order valence-electron chi connectivity index (χ3n) is 4.82. The van der Waals surface area contributed by atoms with Crippen LogP contribution in [0.4, 0.5) is 5.82 Å². The van der Waals surface area contributed by atoms with Crippen molar-refractivity contribution in [2.75, 3.05) is 44.7 Å². The molecule has 152 valence electrons. The molecule has 0 aromatic carbocycles. The first kappa shape index (κ1) is 19.8. The minimum atomic E-state index is -0.145. The Kier molecular flexibility index (Phi) is 5.50. The van der Waals surface area contributed by atoms with Crippen LogP contribution >= 0.6 is 27.3 Å². The summed E-state index contributed by atoms with van der Waals surface area (Å²) < 4.78 is 2.61. The van der Waals surface area contributed by atoms with Gasteiger partial charge in [-0.2, -0.15) is 14.6 Å². The highest BCUT2D eigenvalue weighted by molar-refractivity contribution is 9.11. The average Bonchev–Trinajstić information content (AvgIpc) is 3.35. The van der Waals surface area contributed by atoms with E-state index in [2.05, 4.69) is 35.9 Å². The van der Waals surface area contributed by atoms with Gasteiger partial charge in [0, 0.05) is 45.0 Å². The van der Waals surface area contributed by atoms with E-state index < -0.39 is 0 Å². The Bertz CT molecular complexity index is 1060.